The fraction of sp³-hybridized carbons (Fsp3) is 0.261. The molecule has 3 aromatic rings. The smallest absolute Gasteiger partial charge is 0.305 e. The van der Waals surface area contributed by atoms with Crippen LogP contribution in [-0.4, -0.2) is 24.3 Å². The van der Waals surface area contributed by atoms with Crippen molar-refractivity contribution in [1.29, 1.82) is 0 Å². The fourth-order valence-corrected chi connectivity index (χ4v) is 3.86. The summed E-state index contributed by atoms with van der Waals surface area (Å²) in [5.41, 5.74) is 8.05. The minimum atomic E-state index is -0.542. The number of hydrogen-bond donors (Lipinski definition) is 2. The lowest BCUT2D eigenvalue weighted by atomic mass is 10.1. The van der Waals surface area contributed by atoms with Gasteiger partial charge in [-0.15, -0.1) is 0 Å². The summed E-state index contributed by atoms with van der Waals surface area (Å²) in [6.07, 6.45) is 0.896. The molecule has 4 rings (SSSR count). The van der Waals surface area contributed by atoms with E-state index in [1.165, 1.54) is 0 Å². The van der Waals surface area contributed by atoms with Gasteiger partial charge in [0, 0.05) is 29.6 Å². The number of nitrogens with one attached hydrogen (secondary N) is 2. The maximum Gasteiger partial charge on any atom is 0.305 e. The van der Waals surface area contributed by atoms with E-state index in [1.807, 2.05) is 49.4 Å². The van der Waals surface area contributed by atoms with Crippen molar-refractivity contribution in [2.24, 2.45) is 5.92 Å². The third kappa shape index (κ3) is 3.54. The highest BCUT2D eigenvalue weighted by atomic mass is 16.3. The number of aryl methyl sites for hydroxylation is 2. The van der Waals surface area contributed by atoms with E-state index in [-0.39, 0.29) is 24.6 Å². The van der Waals surface area contributed by atoms with Crippen LogP contribution in [0.25, 0.3) is 11.0 Å². The van der Waals surface area contributed by atoms with Crippen LogP contribution in [0.4, 0.5) is 5.69 Å². The number of anilines is 1. The summed E-state index contributed by atoms with van der Waals surface area (Å²) in [4.78, 5) is 39.2. The number of para-hydroxylation sites is 2. The van der Waals surface area contributed by atoms with Gasteiger partial charge in [-0.3, -0.25) is 25.2 Å². The predicted octanol–water partition coefficient (Wildman–Crippen LogP) is 3.12. The maximum absolute atomic E-state index is 12.6. The van der Waals surface area contributed by atoms with Crippen LogP contribution in [0.3, 0.4) is 0 Å². The lowest BCUT2D eigenvalue weighted by molar-refractivity contribution is -0.126. The summed E-state index contributed by atoms with van der Waals surface area (Å²) in [6.45, 7) is 4.10. The van der Waals surface area contributed by atoms with Crippen LogP contribution in [0, 0.1) is 12.8 Å². The molecule has 7 nitrogen and oxygen atoms in total. The summed E-state index contributed by atoms with van der Waals surface area (Å²) >= 11 is 0. The van der Waals surface area contributed by atoms with Crippen LogP contribution in [0.15, 0.2) is 52.9 Å². The molecule has 2 aromatic carbocycles. The summed E-state index contributed by atoms with van der Waals surface area (Å²) in [5.74, 6) is -1.43. The molecule has 1 aliphatic heterocycles. The fourth-order valence-electron chi connectivity index (χ4n) is 3.86. The van der Waals surface area contributed by atoms with Crippen molar-refractivity contribution in [3.63, 3.8) is 0 Å². The second-order valence-electron chi connectivity index (χ2n) is 7.38. The van der Waals surface area contributed by atoms with Crippen molar-refractivity contribution in [3.05, 3.63) is 65.4 Å². The first kappa shape index (κ1) is 19.7. The molecule has 1 aromatic heterocycles. The Morgan fingerprint density at radius 2 is 1.83 bits per heavy atom. The molecule has 2 N–H and O–H groups in total. The Morgan fingerprint density at radius 3 is 2.60 bits per heavy atom. The summed E-state index contributed by atoms with van der Waals surface area (Å²) in [6, 6.07) is 15.0. The molecule has 0 radical (unpaired) electrons. The van der Waals surface area contributed by atoms with E-state index in [0.29, 0.717) is 11.1 Å². The number of carbonyl (C=O) groups is 3. The van der Waals surface area contributed by atoms with Crippen LogP contribution in [0.5, 0.6) is 0 Å². The van der Waals surface area contributed by atoms with Crippen molar-refractivity contribution >= 4 is 34.4 Å². The average Bonchev–Trinajstić information content (AvgIpc) is 3.32. The molecule has 0 spiro atoms. The van der Waals surface area contributed by atoms with Crippen molar-refractivity contribution in [2.75, 3.05) is 11.4 Å². The molecule has 2 heterocycles. The van der Waals surface area contributed by atoms with Gasteiger partial charge in [0.1, 0.15) is 5.58 Å². The second-order valence-corrected chi connectivity index (χ2v) is 7.38. The zero-order valence-corrected chi connectivity index (χ0v) is 16.9. The van der Waals surface area contributed by atoms with Gasteiger partial charge < -0.3 is 9.32 Å². The molecule has 1 atom stereocenters. The van der Waals surface area contributed by atoms with E-state index < -0.39 is 17.7 Å². The number of amides is 3. The third-order valence-electron chi connectivity index (χ3n) is 5.51. The molecule has 1 fully saturated rings. The van der Waals surface area contributed by atoms with Gasteiger partial charge in [-0.1, -0.05) is 43.3 Å². The lowest BCUT2D eigenvalue weighted by Gasteiger charge is -2.20. The second kappa shape index (κ2) is 8.02. The Balaban J connectivity index is 1.41. The van der Waals surface area contributed by atoms with Gasteiger partial charge in [0.25, 0.3) is 0 Å². The maximum atomic E-state index is 12.6. The van der Waals surface area contributed by atoms with Gasteiger partial charge >= 0.3 is 5.91 Å². The number of nitrogens with zero attached hydrogens (tertiary/aromatic N) is 1. The summed E-state index contributed by atoms with van der Waals surface area (Å²) in [5, 5.41) is 0.848. The highest BCUT2D eigenvalue weighted by Gasteiger charge is 2.36. The topological polar surface area (TPSA) is 91.7 Å². The number of fused-ring (bicyclic) bond motifs is 1. The first-order valence-electron chi connectivity index (χ1n) is 9.96. The quantitative estimate of drug-likeness (QED) is 0.653. The monoisotopic (exact) mass is 405 g/mol. The van der Waals surface area contributed by atoms with E-state index in [4.69, 9.17) is 4.42 Å². The largest absolute Gasteiger partial charge is 0.451 e. The first-order chi connectivity index (χ1) is 14.5. The van der Waals surface area contributed by atoms with Gasteiger partial charge in [-0.25, -0.2) is 0 Å². The molecule has 3 amide bonds. The van der Waals surface area contributed by atoms with E-state index >= 15 is 0 Å². The number of hydrogen-bond acceptors (Lipinski definition) is 4. The lowest BCUT2D eigenvalue weighted by Crippen LogP contribution is -2.45. The molecular weight excluding hydrogens is 382 g/mol. The van der Waals surface area contributed by atoms with E-state index in [2.05, 4.69) is 10.9 Å². The Labute approximate surface area is 174 Å². The Hall–Kier alpha value is -3.61. The highest BCUT2D eigenvalue weighted by Crippen LogP contribution is 2.28. The summed E-state index contributed by atoms with van der Waals surface area (Å²) < 4.78 is 5.61. The van der Waals surface area contributed by atoms with Gasteiger partial charge in [-0.05, 0) is 31.0 Å². The number of rotatable bonds is 4. The zero-order chi connectivity index (χ0) is 21.3. The molecule has 0 aliphatic carbocycles. The number of benzene rings is 2. The van der Waals surface area contributed by atoms with Gasteiger partial charge in [0.15, 0.2) is 5.76 Å². The van der Waals surface area contributed by atoms with Gasteiger partial charge in [0.2, 0.25) is 11.8 Å². The van der Waals surface area contributed by atoms with E-state index in [9.17, 15) is 14.4 Å². The van der Waals surface area contributed by atoms with Crippen LogP contribution < -0.4 is 15.8 Å². The van der Waals surface area contributed by atoms with Gasteiger partial charge in [0.05, 0.1) is 5.92 Å². The first-order valence-corrected chi connectivity index (χ1v) is 9.96. The van der Waals surface area contributed by atoms with Crippen molar-refractivity contribution in [1.82, 2.24) is 10.9 Å². The van der Waals surface area contributed by atoms with Crippen LogP contribution in [-0.2, 0) is 16.0 Å². The molecular formula is C23H23N3O4. The van der Waals surface area contributed by atoms with Crippen molar-refractivity contribution in [2.45, 2.75) is 26.7 Å². The standard InChI is InChI=1S/C23H23N3O4/c1-3-15-8-4-6-10-18(15)26-13-16(12-20(26)27)22(28)24-25-23(29)21-14(2)17-9-5-7-11-19(17)30-21/h4-11,16H,3,12-13H2,1-2H3,(H,24,28)(H,25,29). The van der Waals surface area contributed by atoms with Crippen molar-refractivity contribution in [3.8, 4) is 0 Å². The number of furan rings is 1. The van der Waals surface area contributed by atoms with E-state index in [0.717, 1.165) is 23.1 Å². The van der Waals surface area contributed by atoms with Crippen LogP contribution in [0.1, 0.15) is 35.0 Å². The third-order valence-corrected chi connectivity index (χ3v) is 5.51. The molecule has 0 saturated carbocycles. The molecule has 30 heavy (non-hydrogen) atoms. The summed E-state index contributed by atoms with van der Waals surface area (Å²) in [7, 11) is 0. The van der Waals surface area contributed by atoms with Crippen LogP contribution >= 0.6 is 0 Å². The normalized spacial score (nSPS) is 16.1. The minimum absolute atomic E-state index is 0.101. The highest BCUT2D eigenvalue weighted by molar-refractivity contribution is 6.02. The molecule has 1 unspecified atom stereocenters. The van der Waals surface area contributed by atoms with Gasteiger partial charge in [-0.2, -0.15) is 0 Å². The molecule has 1 saturated heterocycles. The van der Waals surface area contributed by atoms with E-state index in [1.54, 1.807) is 17.9 Å². The SMILES string of the molecule is CCc1ccccc1N1CC(C(=O)NNC(=O)c2oc3ccccc3c2C)CC1=O. The Kier molecular flexibility index (Phi) is 5.27. The molecule has 0 bridgehead atoms. The number of hydrazine groups is 1. The van der Waals surface area contributed by atoms with Crippen LogP contribution in [0.2, 0.25) is 0 Å². The Bertz CT molecular complexity index is 1130. The molecule has 7 heteroatoms. The Morgan fingerprint density at radius 1 is 1.10 bits per heavy atom. The molecule has 154 valence electrons. The zero-order valence-electron chi connectivity index (χ0n) is 16.9. The number of carbonyl (C=O) groups excluding carboxylic acids is 3. The average molecular weight is 405 g/mol. The van der Waals surface area contributed by atoms with Crippen molar-refractivity contribution < 1.29 is 18.8 Å². The molecule has 1 aliphatic rings. The predicted molar refractivity (Wildman–Crippen MR) is 113 cm³/mol. The minimum Gasteiger partial charge on any atom is -0.451 e.